The van der Waals surface area contributed by atoms with Gasteiger partial charge >= 0.3 is 5.97 Å². The number of esters is 1. The minimum Gasteiger partial charge on any atom is -0.427 e. The summed E-state index contributed by atoms with van der Waals surface area (Å²) in [5, 5.41) is 13.8. The number of hydrogen-bond acceptors (Lipinski definition) is 5. The second kappa shape index (κ2) is 8.99. The number of nitrogens with zero attached hydrogens (tertiary/aromatic N) is 1. The first-order valence-electron chi connectivity index (χ1n) is 7.80. The highest BCUT2D eigenvalue weighted by molar-refractivity contribution is 5.94. The van der Waals surface area contributed by atoms with Crippen molar-refractivity contribution >= 4 is 23.5 Å². The highest BCUT2D eigenvalue weighted by Crippen LogP contribution is 2.14. The van der Waals surface area contributed by atoms with Gasteiger partial charge in [0.2, 0.25) is 5.91 Å². The van der Waals surface area contributed by atoms with Crippen LogP contribution >= 0.6 is 0 Å². The highest BCUT2D eigenvalue weighted by Gasteiger charge is 2.08. The molecule has 0 aliphatic carbocycles. The number of carbonyl (C=O) groups excluding carboxylic acids is 3. The number of ether oxygens (including phenoxy) is 1. The molecule has 0 spiro atoms. The highest BCUT2D eigenvalue weighted by atomic mass is 16.5. The van der Waals surface area contributed by atoms with Crippen LogP contribution in [0.4, 0.5) is 5.69 Å². The Bertz CT molecular complexity index is 854. The first-order valence-corrected chi connectivity index (χ1v) is 7.80. The fraction of sp³-hybridized carbons (Fsp3) is 0.158. The van der Waals surface area contributed by atoms with E-state index in [2.05, 4.69) is 10.6 Å². The van der Waals surface area contributed by atoms with E-state index in [-0.39, 0.29) is 18.2 Å². The SMILES string of the molecule is CC(=O)Oc1cccc(C(=O)NCc2ccc(NC(=O)CC#N)cc2)c1. The Labute approximate surface area is 150 Å². The molecule has 0 saturated heterocycles. The van der Waals surface area contributed by atoms with Crippen LogP contribution in [0.1, 0.15) is 29.3 Å². The molecule has 0 aromatic heterocycles. The second-order valence-electron chi connectivity index (χ2n) is 5.38. The van der Waals surface area contributed by atoms with Crippen LogP contribution in [0.2, 0.25) is 0 Å². The lowest BCUT2D eigenvalue weighted by atomic mass is 10.1. The number of nitriles is 1. The Morgan fingerprint density at radius 3 is 2.50 bits per heavy atom. The van der Waals surface area contributed by atoms with Crippen molar-refractivity contribution < 1.29 is 19.1 Å². The Kier molecular flexibility index (Phi) is 6.46. The van der Waals surface area contributed by atoms with Crippen LogP contribution in [0.3, 0.4) is 0 Å². The van der Waals surface area contributed by atoms with Gasteiger partial charge < -0.3 is 15.4 Å². The fourth-order valence-corrected chi connectivity index (χ4v) is 2.13. The average molecular weight is 351 g/mol. The molecule has 2 amide bonds. The topological polar surface area (TPSA) is 108 Å². The van der Waals surface area contributed by atoms with Crippen LogP contribution in [-0.2, 0) is 16.1 Å². The first kappa shape index (κ1) is 18.7. The number of hydrogen-bond donors (Lipinski definition) is 2. The molecule has 2 rings (SSSR count). The van der Waals surface area contributed by atoms with E-state index >= 15 is 0 Å². The van der Waals surface area contributed by atoms with Crippen molar-refractivity contribution in [2.75, 3.05) is 5.32 Å². The molecule has 0 fully saturated rings. The summed E-state index contributed by atoms with van der Waals surface area (Å²) >= 11 is 0. The number of amides is 2. The van der Waals surface area contributed by atoms with Crippen LogP contribution in [0.15, 0.2) is 48.5 Å². The van der Waals surface area contributed by atoms with Gasteiger partial charge in [0.15, 0.2) is 0 Å². The van der Waals surface area contributed by atoms with Gasteiger partial charge in [0, 0.05) is 24.7 Å². The van der Waals surface area contributed by atoms with E-state index in [1.165, 1.54) is 13.0 Å². The molecule has 2 N–H and O–H groups in total. The second-order valence-corrected chi connectivity index (χ2v) is 5.38. The van der Waals surface area contributed by atoms with E-state index in [1.54, 1.807) is 48.5 Å². The third kappa shape index (κ3) is 5.76. The fourth-order valence-electron chi connectivity index (χ4n) is 2.13. The number of anilines is 1. The van der Waals surface area contributed by atoms with Crippen molar-refractivity contribution in [3.63, 3.8) is 0 Å². The van der Waals surface area contributed by atoms with Crippen molar-refractivity contribution in [2.24, 2.45) is 0 Å². The van der Waals surface area contributed by atoms with E-state index in [9.17, 15) is 14.4 Å². The van der Waals surface area contributed by atoms with Gasteiger partial charge in [-0.1, -0.05) is 18.2 Å². The summed E-state index contributed by atoms with van der Waals surface area (Å²) in [6, 6.07) is 15.0. The molecule has 0 radical (unpaired) electrons. The molecule has 0 bridgehead atoms. The van der Waals surface area contributed by atoms with Crippen molar-refractivity contribution in [1.29, 1.82) is 5.26 Å². The summed E-state index contributed by atoms with van der Waals surface area (Å²) in [5.41, 5.74) is 1.80. The van der Waals surface area contributed by atoms with E-state index in [0.29, 0.717) is 23.5 Å². The molecule has 132 valence electrons. The molecule has 0 saturated carbocycles. The quantitative estimate of drug-likeness (QED) is 0.614. The van der Waals surface area contributed by atoms with Crippen molar-refractivity contribution in [3.05, 3.63) is 59.7 Å². The zero-order valence-electron chi connectivity index (χ0n) is 14.1. The third-order valence-corrected chi connectivity index (χ3v) is 3.29. The largest absolute Gasteiger partial charge is 0.427 e. The monoisotopic (exact) mass is 351 g/mol. The van der Waals surface area contributed by atoms with Crippen molar-refractivity contribution in [2.45, 2.75) is 19.9 Å². The molecule has 0 heterocycles. The lowest BCUT2D eigenvalue weighted by Crippen LogP contribution is -2.22. The van der Waals surface area contributed by atoms with Crippen LogP contribution in [-0.4, -0.2) is 17.8 Å². The molecule has 26 heavy (non-hydrogen) atoms. The Hall–Kier alpha value is -3.66. The maximum absolute atomic E-state index is 12.2. The van der Waals surface area contributed by atoms with Crippen LogP contribution < -0.4 is 15.4 Å². The van der Waals surface area contributed by atoms with Crippen LogP contribution in [0.25, 0.3) is 0 Å². The van der Waals surface area contributed by atoms with Crippen molar-refractivity contribution in [3.8, 4) is 11.8 Å². The van der Waals surface area contributed by atoms with E-state index in [4.69, 9.17) is 10.00 Å². The Balaban J connectivity index is 1.92. The molecule has 2 aromatic carbocycles. The van der Waals surface area contributed by atoms with Gasteiger partial charge in [-0.05, 0) is 35.9 Å². The molecule has 0 unspecified atom stereocenters. The molecule has 0 aliphatic rings. The molecule has 2 aromatic rings. The summed E-state index contributed by atoms with van der Waals surface area (Å²) in [5.74, 6) is -0.821. The van der Waals surface area contributed by atoms with Crippen molar-refractivity contribution in [1.82, 2.24) is 5.32 Å². The lowest BCUT2D eigenvalue weighted by Gasteiger charge is -2.08. The normalized spacial score (nSPS) is 9.69. The van der Waals surface area contributed by atoms with Gasteiger partial charge in [0.1, 0.15) is 12.2 Å². The third-order valence-electron chi connectivity index (χ3n) is 3.29. The standard InChI is InChI=1S/C19H17N3O4/c1-13(23)26-17-4-2-3-15(11-17)19(25)21-12-14-5-7-16(8-6-14)22-18(24)9-10-20/h2-8,11H,9,12H2,1H3,(H,21,25)(H,22,24). The number of benzene rings is 2. The zero-order chi connectivity index (χ0) is 18.9. The van der Waals surface area contributed by atoms with Gasteiger partial charge in [-0.2, -0.15) is 5.26 Å². The molecule has 0 atom stereocenters. The maximum atomic E-state index is 12.2. The van der Waals surface area contributed by atoms with E-state index in [1.807, 2.05) is 0 Å². The van der Waals surface area contributed by atoms with Crippen LogP contribution in [0, 0.1) is 11.3 Å². The maximum Gasteiger partial charge on any atom is 0.308 e. The van der Waals surface area contributed by atoms with E-state index < -0.39 is 5.97 Å². The van der Waals surface area contributed by atoms with Crippen LogP contribution in [0.5, 0.6) is 5.75 Å². The molecule has 7 heteroatoms. The van der Waals surface area contributed by atoms with E-state index in [0.717, 1.165) is 5.56 Å². The smallest absolute Gasteiger partial charge is 0.308 e. The van der Waals surface area contributed by atoms with Gasteiger partial charge in [0.05, 0.1) is 6.07 Å². The first-order chi connectivity index (χ1) is 12.5. The minimum absolute atomic E-state index is 0.204. The van der Waals surface area contributed by atoms with Gasteiger partial charge in [0.25, 0.3) is 5.91 Å². The van der Waals surface area contributed by atoms with Gasteiger partial charge in [-0.15, -0.1) is 0 Å². The molecule has 7 nitrogen and oxygen atoms in total. The zero-order valence-corrected chi connectivity index (χ0v) is 14.1. The summed E-state index contributed by atoms with van der Waals surface area (Å²) in [6.45, 7) is 1.59. The number of carbonyl (C=O) groups is 3. The number of nitrogens with one attached hydrogen (secondary N) is 2. The molecule has 0 aliphatic heterocycles. The number of rotatable bonds is 6. The summed E-state index contributed by atoms with van der Waals surface area (Å²) < 4.78 is 4.96. The predicted molar refractivity (Wildman–Crippen MR) is 94.2 cm³/mol. The molecular weight excluding hydrogens is 334 g/mol. The predicted octanol–water partition coefficient (Wildman–Crippen LogP) is 2.39. The summed E-state index contributed by atoms with van der Waals surface area (Å²) in [4.78, 5) is 34.5. The average Bonchev–Trinajstić information content (AvgIpc) is 2.60. The minimum atomic E-state index is -0.454. The Morgan fingerprint density at radius 1 is 1.12 bits per heavy atom. The molecular formula is C19H17N3O4. The van der Waals surface area contributed by atoms with Gasteiger partial charge in [-0.25, -0.2) is 0 Å². The van der Waals surface area contributed by atoms with Gasteiger partial charge in [-0.3, -0.25) is 14.4 Å². The summed E-state index contributed by atoms with van der Waals surface area (Å²) in [6.07, 6.45) is -0.204. The lowest BCUT2D eigenvalue weighted by molar-refractivity contribution is -0.131. The Morgan fingerprint density at radius 2 is 1.85 bits per heavy atom. The summed E-state index contributed by atoms with van der Waals surface area (Å²) in [7, 11) is 0.